The first kappa shape index (κ1) is 24.7. The molecule has 0 spiro atoms. The molecule has 1 amide bonds. The number of likely N-dealkylation sites (tertiary alicyclic amines) is 1. The van der Waals surface area contributed by atoms with Crippen molar-refractivity contribution in [3.63, 3.8) is 0 Å². The van der Waals surface area contributed by atoms with E-state index in [1.165, 1.54) is 24.8 Å². The fraction of sp³-hybridized carbons (Fsp3) is 0.370. The molecule has 0 saturated carbocycles. The van der Waals surface area contributed by atoms with Gasteiger partial charge >= 0.3 is 0 Å². The number of piperidine rings is 1. The van der Waals surface area contributed by atoms with E-state index >= 15 is 0 Å². The monoisotopic (exact) mass is 498 g/mol. The molecule has 1 fully saturated rings. The Labute approximate surface area is 208 Å². The number of hydrogen-bond acceptors (Lipinski definition) is 4. The molecule has 7 heteroatoms. The number of nitrogens with zero attached hydrogens (tertiary/aromatic N) is 1. The van der Waals surface area contributed by atoms with E-state index in [-0.39, 0.29) is 17.4 Å². The lowest BCUT2D eigenvalue weighted by atomic mass is 9.90. The van der Waals surface area contributed by atoms with Crippen LogP contribution in [0.3, 0.4) is 0 Å². The van der Waals surface area contributed by atoms with Crippen molar-refractivity contribution in [2.75, 3.05) is 26.2 Å². The second kappa shape index (κ2) is 12.3. The van der Waals surface area contributed by atoms with Crippen LogP contribution in [-0.4, -0.2) is 41.2 Å². The fourth-order valence-electron chi connectivity index (χ4n) is 4.35. The molecule has 1 saturated heterocycles. The summed E-state index contributed by atoms with van der Waals surface area (Å²) in [5.41, 5.74) is 1.43. The summed E-state index contributed by atoms with van der Waals surface area (Å²) in [4.78, 5) is 15.5. The van der Waals surface area contributed by atoms with E-state index in [1.54, 1.807) is 36.4 Å². The normalized spacial score (nSPS) is 15.8. The van der Waals surface area contributed by atoms with E-state index in [0.29, 0.717) is 22.2 Å². The summed E-state index contributed by atoms with van der Waals surface area (Å²) in [7, 11) is -1.28. The van der Waals surface area contributed by atoms with Gasteiger partial charge in [0.25, 0.3) is 5.91 Å². The summed E-state index contributed by atoms with van der Waals surface area (Å²) in [6.45, 7) is 3.83. The molecule has 0 unspecified atom stereocenters. The smallest absolute Gasteiger partial charge is 0.286 e. The molecule has 3 aromatic rings. The SMILES string of the molecule is O=C(NCCCN1CCC(Cc2ccccc2)CC1)c1ccc(C[S@@](=O)c2cccc(Cl)c2)o1. The van der Waals surface area contributed by atoms with Gasteiger partial charge in [0.15, 0.2) is 5.76 Å². The highest BCUT2D eigenvalue weighted by atomic mass is 35.5. The zero-order chi connectivity index (χ0) is 23.8. The van der Waals surface area contributed by atoms with Gasteiger partial charge in [0.2, 0.25) is 0 Å². The van der Waals surface area contributed by atoms with E-state index in [1.807, 2.05) is 0 Å². The van der Waals surface area contributed by atoms with E-state index < -0.39 is 10.8 Å². The number of carbonyl (C=O) groups excluding carboxylic acids is 1. The largest absolute Gasteiger partial charge is 0.455 e. The number of halogens is 1. The van der Waals surface area contributed by atoms with Gasteiger partial charge in [0.05, 0.1) is 16.6 Å². The topological polar surface area (TPSA) is 62.6 Å². The molecule has 4 rings (SSSR count). The van der Waals surface area contributed by atoms with Crippen molar-refractivity contribution in [1.82, 2.24) is 10.2 Å². The number of carbonyl (C=O) groups is 1. The van der Waals surface area contributed by atoms with Crippen molar-refractivity contribution in [1.29, 1.82) is 0 Å². The highest BCUT2D eigenvalue weighted by Crippen LogP contribution is 2.22. The molecule has 1 N–H and O–H groups in total. The predicted molar refractivity (Wildman–Crippen MR) is 137 cm³/mol. The van der Waals surface area contributed by atoms with Crippen LogP contribution in [0.25, 0.3) is 0 Å². The third-order valence-electron chi connectivity index (χ3n) is 6.23. The Balaban J connectivity index is 1.13. The summed E-state index contributed by atoms with van der Waals surface area (Å²) < 4.78 is 18.1. The molecular formula is C27H31ClN2O3S. The van der Waals surface area contributed by atoms with Crippen molar-refractivity contribution >= 4 is 28.3 Å². The van der Waals surface area contributed by atoms with Crippen molar-refractivity contribution in [3.05, 3.63) is 88.8 Å². The third kappa shape index (κ3) is 7.29. The van der Waals surface area contributed by atoms with Crippen molar-refractivity contribution in [3.8, 4) is 0 Å². The Kier molecular flexibility index (Phi) is 8.97. The van der Waals surface area contributed by atoms with Gasteiger partial charge in [-0.25, -0.2) is 0 Å². The maximum atomic E-state index is 12.5. The van der Waals surface area contributed by atoms with Crippen LogP contribution >= 0.6 is 11.6 Å². The molecular weight excluding hydrogens is 468 g/mol. The van der Waals surface area contributed by atoms with Crippen LogP contribution < -0.4 is 5.32 Å². The average Bonchev–Trinajstić information content (AvgIpc) is 3.32. The van der Waals surface area contributed by atoms with Crippen molar-refractivity contribution < 1.29 is 13.4 Å². The van der Waals surface area contributed by atoms with E-state index in [0.717, 1.165) is 32.0 Å². The second-order valence-corrected chi connectivity index (χ2v) is 10.7. The maximum absolute atomic E-state index is 12.5. The molecule has 180 valence electrons. The minimum absolute atomic E-state index is 0.202. The molecule has 1 aliphatic rings. The predicted octanol–water partition coefficient (Wildman–Crippen LogP) is 5.32. The van der Waals surface area contributed by atoms with Crippen molar-refractivity contribution in [2.45, 2.75) is 36.3 Å². The van der Waals surface area contributed by atoms with Crippen LogP contribution in [0.1, 0.15) is 41.1 Å². The molecule has 2 aromatic carbocycles. The molecule has 0 bridgehead atoms. The minimum atomic E-state index is -1.28. The first-order chi connectivity index (χ1) is 16.6. The lowest BCUT2D eigenvalue weighted by molar-refractivity contribution is 0.0921. The number of nitrogens with one attached hydrogen (secondary N) is 1. The van der Waals surface area contributed by atoms with Gasteiger partial charge in [-0.1, -0.05) is 48.0 Å². The number of furan rings is 1. The zero-order valence-electron chi connectivity index (χ0n) is 19.3. The van der Waals surface area contributed by atoms with Gasteiger partial charge in [0.1, 0.15) is 5.76 Å². The van der Waals surface area contributed by atoms with Crippen LogP contribution in [-0.2, 0) is 23.0 Å². The summed E-state index contributed by atoms with van der Waals surface area (Å²) in [5, 5.41) is 3.48. The minimum Gasteiger partial charge on any atom is -0.455 e. The van der Waals surface area contributed by atoms with Gasteiger partial charge in [-0.15, -0.1) is 0 Å². The summed E-state index contributed by atoms with van der Waals surface area (Å²) in [6.07, 6.45) is 4.53. The number of hydrogen-bond donors (Lipinski definition) is 1. The first-order valence-electron chi connectivity index (χ1n) is 11.8. The lowest BCUT2D eigenvalue weighted by Gasteiger charge is -2.32. The number of benzene rings is 2. The Morgan fingerprint density at radius 3 is 2.62 bits per heavy atom. The summed E-state index contributed by atoms with van der Waals surface area (Å²) in [5.74, 6) is 1.50. The Morgan fingerprint density at radius 2 is 1.85 bits per heavy atom. The molecule has 1 aromatic heterocycles. The highest BCUT2D eigenvalue weighted by molar-refractivity contribution is 7.84. The Morgan fingerprint density at radius 1 is 1.06 bits per heavy atom. The lowest BCUT2D eigenvalue weighted by Crippen LogP contribution is -2.36. The van der Waals surface area contributed by atoms with Gasteiger partial charge in [0, 0.05) is 16.5 Å². The number of amides is 1. The van der Waals surface area contributed by atoms with Gasteiger partial charge in [-0.2, -0.15) is 0 Å². The van der Waals surface area contributed by atoms with Crippen LogP contribution in [0, 0.1) is 5.92 Å². The molecule has 5 nitrogen and oxygen atoms in total. The fourth-order valence-corrected chi connectivity index (χ4v) is 5.68. The summed E-state index contributed by atoms with van der Waals surface area (Å²) >= 11 is 5.97. The first-order valence-corrected chi connectivity index (χ1v) is 13.5. The zero-order valence-corrected chi connectivity index (χ0v) is 20.8. The Bertz CT molecular complexity index is 1090. The molecule has 1 aliphatic heterocycles. The van der Waals surface area contributed by atoms with E-state index in [4.69, 9.17) is 16.0 Å². The van der Waals surface area contributed by atoms with Crippen LogP contribution in [0.4, 0.5) is 0 Å². The Hall–Kier alpha value is -2.41. The number of rotatable bonds is 10. The third-order valence-corrected chi connectivity index (χ3v) is 7.79. The van der Waals surface area contributed by atoms with Gasteiger partial charge in [-0.05, 0) is 87.1 Å². The van der Waals surface area contributed by atoms with E-state index in [9.17, 15) is 9.00 Å². The average molecular weight is 499 g/mol. The molecule has 2 heterocycles. The highest BCUT2D eigenvalue weighted by Gasteiger charge is 2.19. The molecule has 0 aliphatic carbocycles. The molecule has 0 radical (unpaired) electrons. The quantitative estimate of drug-likeness (QED) is 0.384. The second-order valence-electron chi connectivity index (χ2n) is 8.80. The molecule has 34 heavy (non-hydrogen) atoms. The van der Waals surface area contributed by atoms with Crippen LogP contribution in [0.15, 0.2) is 76.0 Å². The van der Waals surface area contributed by atoms with Gasteiger partial charge < -0.3 is 14.6 Å². The summed E-state index contributed by atoms with van der Waals surface area (Å²) in [6, 6.07) is 21.0. The van der Waals surface area contributed by atoms with Crippen LogP contribution in [0.2, 0.25) is 5.02 Å². The van der Waals surface area contributed by atoms with Gasteiger partial charge in [-0.3, -0.25) is 9.00 Å². The standard InChI is InChI=1S/C27H31ClN2O3S/c28-23-8-4-9-25(19-23)34(32)20-24-10-11-26(33-24)27(31)29-14-5-15-30-16-12-22(13-17-30)18-21-6-2-1-3-7-21/h1-4,6-11,19,22H,5,12-18,20H2,(H,29,31)/t34-/m1/s1. The maximum Gasteiger partial charge on any atom is 0.286 e. The molecule has 1 atom stereocenters. The van der Waals surface area contributed by atoms with Crippen molar-refractivity contribution in [2.24, 2.45) is 5.92 Å². The van der Waals surface area contributed by atoms with E-state index in [2.05, 4.69) is 40.5 Å². The van der Waals surface area contributed by atoms with Crippen LogP contribution in [0.5, 0.6) is 0 Å².